The van der Waals surface area contributed by atoms with Crippen LogP contribution in [0.25, 0.3) is 0 Å². The molecule has 4 N–H and O–H groups in total. The van der Waals surface area contributed by atoms with Crippen LogP contribution in [-0.2, 0) is 11.2 Å². The SMILES string of the molecule is C[C@@H]([NH2+][C@H]1CCCc2ccccc21)C(=O)NC(=O)NC12CC3CC(CC(C3)C1)C2. The number of carbonyl (C=O) groups is 2. The Morgan fingerprint density at radius 1 is 1.07 bits per heavy atom. The van der Waals surface area contributed by atoms with Gasteiger partial charge in [-0.3, -0.25) is 10.1 Å². The summed E-state index contributed by atoms with van der Waals surface area (Å²) in [7, 11) is 0. The maximum absolute atomic E-state index is 12.7. The first kappa shape index (κ1) is 19.1. The van der Waals surface area contributed by atoms with Crippen LogP contribution in [0.3, 0.4) is 0 Å². The molecular weight excluding hydrogens is 362 g/mol. The van der Waals surface area contributed by atoms with Gasteiger partial charge in [0.15, 0.2) is 6.04 Å². The van der Waals surface area contributed by atoms with Crippen molar-refractivity contribution in [2.24, 2.45) is 17.8 Å². The van der Waals surface area contributed by atoms with Crippen molar-refractivity contribution in [1.29, 1.82) is 0 Å². The highest BCUT2D eigenvalue weighted by Crippen LogP contribution is 2.55. The minimum Gasteiger partial charge on any atom is -0.332 e. The van der Waals surface area contributed by atoms with Gasteiger partial charge in [-0.15, -0.1) is 0 Å². The molecule has 5 heteroatoms. The quantitative estimate of drug-likeness (QED) is 0.732. The molecule has 0 spiro atoms. The van der Waals surface area contributed by atoms with Crippen molar-refractivity contribution in [2.75, 3.05) is 0 Å². The molecule has 4 saturated carbocycles. The van der Waals surface area contributed by atoms with E-state index >= 15 is 0 Å². The molecule has 4 fully saturated rings. The average Bonchev–Trinajstić information content (AvgIpc) is 2.66. The van der Waals surface area contributed by atoms with Crippen LogP contribution in [0, 0.1) is 17.8 Å². The molecule has 0 aliphatic heterocycles. The van der Waals surface area contributed by atoms with E-state index in [0.717, 1.165) is 56.3 Å². The minimum absolute atomic E-state index is 0.0611. The topological polar surface area (TPSA) is 74.8 Å². The van der Waals surface area contributed by atoms with Gasteiger partial charge in [-0.2, -0.15) is 0 Å². The number of rotatable bonds is 4. The van der Waals surface area contributed by atoms with Crippen LogP contribution in [0.1, 0.15) is 75.5 Å². The van der Waals surface area contributed by atoms with Crippen LogP contribution in [-0.4, -0.2) is 23.5 Å². The van der Waals surface area contributed by atoms with Crippen LogP contribution >= 0.6 is 0 Å². The Balaban J connectivity index is 1.17. The van der Waals surface area contributed by atoms with E-state index < -0.39 is 0 Å². The molecule has 0 saturated heterocycles. The van der Waals surface area contributed by atoms with Crippen LogP contribution in [0.15, 0.2) is 24.3 Å². The van der Waals surface area contributed by atoms with Gasteiger partial charge in [-0.25, -0.2) is 4.79 Å². The number of aryl methyl sites for hydroxylation is 1. The van der Waals surface area contributed by atoms with Crippen LogP contribution < -0.4 is 16.0 Å². The Labute approximate surface area is 173 Å². The summed E-state index contributed by atoms with van der Waals surface area (Å²) in [6.45, 7) is 1.91. The van der Waals surface area contributed by atoms with Crippen molar-refractivity contribution >= 4 is 11.9 Å². The van der Waals surface area contributed by atoms with Crippen LogP contribution in [0.2, 0.25) is 0 Å². The van der Waals surface area contributed by atoms with Crippen LogP contribution in [0.5, 0.6) is 0 Å². The molecule has 3 amide bonds. The Morgan fingerprint density at radius 3 is 2.41 bits per heavy atom. The second-order valence-electron chi connectivity index (χ2n) is 10.3. The first-order chi connectivity index (χ1) is 14.0. The molecule has 0 unspecified atom stereocenters. The smallest absolute Gasteiger partial charge is 0.322 e. The first-order valence-corrected chi connectivity index (χ1v) is 11.6. The fourth-order valence-electron chi connectivity index (χ4n) is 7.19. The highest BCUT2D eigenvalue weighted by Gasteiger charge is 2.51. The number of nitrogens with one attached hydrogen (secondary N) is 2. The summed E-state index contributed by atoms with van der Waals surface area (Å²) in [4.78, 5) is 25.4. The predicted octanol–water partition coefficient (Wildman–Crippen LogP) is 2.81. The molecule has 29 heavy (non-hydrogen) atoms. The van der Waals surface area contributed by atoms with Crippen molar-refractivity contribution in [1.82, 2.24) is 10.6 Å². The normalized spacial score (nSPS) is 35.6. The molecular formula is C24H34N3O2+. The van der Waals surface area contributed by atoms with Crippen molar-refractivity contribution in [2.45, 2.75) is 82.3 Å². The second-order valence-corrected chi connectivity index (χ2v) is 10.3. The van der Waals surface area contributed by atoms with Gasteiger partial charge in [0.2, 0.25) is 0 Å². The van der Waals surface area contributed by atoms with Crippen molar-refractivity contribution in [3.63, 3.8) is 0 Å². The average molecular weight is 397 g/mol. The molecule has 0 heterocycles. The Kier molecular flexibility index (Phi) is 4.89. The standard InChI is InChI=1S/C24H33N3O2/c1-15(25-21-8-4-6-19-5-2-3-7-20(19)21)22(28)26-23(29)27-24-12-16-9-17(13-24)11-18(10-16)14-24/h2-3,5,7,15-18,21,25H,4,6,8-14H2,1H3,(H2,26,27,28,29)/p+1/t15-,16?,17?,18?,21+,24?/m1/s1. The molecule has 4 bridgehead atoms. The molecule has 5 aliphatic rings. The molecule has 5 nitrogen and oxygen atoms in total. The zero-order chi connectivity index (χ0) is 20.0. The first-order valence-electron chi connectivity index (χ1n) is 11.6. The molecule has 0 aromatic heterocycles. The third kappa shape index (κ3) is 3.81. The third-order valence-corrected chi connectivity index (χ3v) is 8.00. The maximum atomic E-state index is 12.7. The number of carbonyl (C=O) groups excluding carboxylic acids is 2. The molecule has 156 valence electrons. The fourth-order valence-corrected chi connectivity index (χ4v) is 7.19. The fraction of sp³-hybridized carbons (Fsp3) is 0.667. The van der Waals surface area contributed by atoms with Gasteiger partial charge in [0.25, 0.3) is 5.91 Å². The Morgan fingerprint density at radius 2 is 1.72 bits per heavy atom. The van der Waals surface area contributed by atoms with Gasteiger partial charge in [0, 0.05) is 17.5 Å². The molecule has 6 rings (SSSR count). The van der Waals surface area contributed by atoms with Gasteiger partial charge >= 0.3 is 6.03 Å². The van der Waals surface area contributed by atoms with Crippen LogP contribution in [0.4, 0.5) is 4.79 Å². The van der Waals surface area contributed by atoms with E-state index in [4.69, 9.17) is 0 Å². The summed E-state index contributed by atoms with van der Waals surface area (Å²) in [5.74, 6) is 2.14. The largest absolute Gasteiger partial charge is 0.332 e. The van der Waals surface area contributed by atoms with Crippen molar-refractivity contribution < 1.29 is 14.9 Å². The van der Waals surface area contributed by atoms with Crippen molar-refractivity contribution in [3.05, 3.63) is 35.4 Å². The minimum atomic E-state index is -0.291. The number of amides is 3. The van der Waals surface area contributed by atoms with Gasteiger partial charge in [0.05, 0.1) is 0 Å². The highest BCUT2D eigenvalue weighted by molar-refractivity contribution is 5.96. The molecule has 5 aliphatic carbocycles. The van der Waals surface area contributed by atoms with E-state index in [1.54, 1.807) is 0 Å². The lowest BCUT2D eigenvalue weighted by Crippen LogP contribution is -2.93. The number of nitrogens with two attached hydrogens (primary N) is 1. The summed E-state index contributed by atoms with van der Waals surface area (Å²) >= 11 is 0. The molecule has 1 aromatic rings. The zero-order valence-corrected chi connectivity index (χ0v) is 17.5. The zero-order valence-electron chi connectivity index (χ0n) is 17.5. The van der Waals surface area contributed by atoms with Gasteiger partial charge in [-0.05, 0) is 81.6 Å². The lowest BCUT2D eigenvalue weighted by Gasteiger charge is -2.56. The van der Waals surface area contributed by atoms with E-state index in [9.17, 15) is 9.59 Å². The number of imide groups is 1. The summed E-state index contributed by atoms with van der Waals surface area (Å²) in [5, 5.41) is 8.02. The number of hydrogen-bond acceptors (Lipinski definition) is 2. The molecule has 1 aromatic carbocycles. The summed E-state index contributed by atoms with van der Waals surface area (Å²) in [6, 6.07) is 8.27. The maximum Gasteiger partial charge on any atom is 0.322 e. The second kappa shape index (κ2) is 7.42. The number of urea groups is 1. The number of quaternary nitrogens is 1. The number of hydrogen-bond donors (Lipinski definition) is 3. The van der Waals surface area contributed by atoms with Gasteiger partial charge < -0.3 is 10.6 Å². The Hall–Kier alpha value is -1.88. The van der Waals surface area contributed by atoms with E-state index in [0.29, 0.717) is 6.04 Å². The van der Waals surface area contributed by atoms with E-state index in [1.165, 1.54) is 30.4 Å². The Bertz CT molecular complexity index is 770. The predicted molar refractivity (Wildman–Crippen MR) is 111 cm³/mol. The van der Waals surface area contributed by atoms with Gasteiger partial charge in [0.1, 0.15) is 6.04 Å². The monoisotopic (exact) mass is 396 g/mol. The van der Waals surface area contributed by atoms with E-state index in [1.807, 2.05) is 6.92 Å². The highest BCUT2D eigenvalue weighted by atomic mass is 16.2. The lowest BCUT2D eigenvalue weighted by atomic mass is 9.53. The summed E-state index contributed by atoms with van der Waals surface area (Å²) in [5.41, 5.74) is 2.68. The summed E-state index contributed by atoms with van der Waals surface area (Å²) in [6.07, 6.45) is 10.7. The third-order valence-electron chi connectivity index (χ3n) is 8.00. The van der Waals surface area contributed by atoms with Crippen molar-refractivity contribution in [3.8, 4) is 0 Å². The molecule has 2 atom stereocenters. The van der Waals surface area contributed by atoms with E-state index in [2.05, 4.69) is 40.2 Å². The number of fused-ring (bicyclic) bond motifs is 1. The van der Waals surface area contributed by atoms with E-state index in [-0.39, 0.29) is 23.5 Å². The lowest BCUT2D eigenvalue weighted by molar-refractivity contribution is -0.714. The van der Waals surface area contributed by atoms with Gasteiger partial charge in [-0.1, -0.05) is 24.3 Å². The molecule has 0 radical (unpaired) electrons. The number of benzene rings is 1. The summed E-state index contributed by atoms with van der Waals surface area (Å²) < 4.78 is 0.